The van der Waals surface area contributed by atoms with Crippen LogP contribution >= 0.6 is 0 Å². The van der Waals surface area contributed by atoms with Gasteiger partial charge in [0.05, 0.1) is 6.54 Å². The van der Waals surface area contributed by atoms with Crippen molar-refractivity contribution in [1.29, 1.82) is 0 Å². The van der Waals surface area contributed by atoms with E-state index in [1.165, 1.54) is 38.8 Å². The van der Waals surface area contributed by atoms with Crippen LogP contribution in [-0.4, -0.2) is 53.0 Å². The van der Waals surface area contributed by atoms with Crippen molar-refractivity contribution in [3.63, 3.8) is 0 Å². The Bertz CT molecular complexity index is 315. The van der Waals surface area contributed by atoms with Crippen LogP contribution in [0.3, 0.4) is 0 Å². The number of hydrogen-bond acceptors (Lipinski definition) is 4. The lowest BCUT2D eigenvalue weighted by Crippen LogP contribution is -2.37. The monoisotopic (exact) mass is 252 g/mol. The number of rotatable bonds is 7. The third-order valence-corrected chi connectivity index (χ3v) is 3.68. The molecule has 5 heteroatoms. The summed E-state index contributed by atoms with van der Waals surface area (Å²) in [5.74, 6) is 0.852. The van der Waals surface area contributed by atoms with Crippen LogP contribution < -0.4 is 0 Å². The van der Waals surface area contributed by atoms with Crippen molar-refractivity contribution in [2.75, 3.05) is 33.4 Å². The maximum absolute atomic E-state index is 5.12. The van der Waals surface area contributed by atoms with E-state index in [0.717, 1.165) is 25.6 Å². The Kier molecular flexibility index (Phi) is 5.61. The van der Waals surface area contributed by atoms with Gasteiger partial charge in [-0.2, -0.15) is 5.10 Å². The second-order valence-electron chi connectivity index (χ2n) is 5.10. The maximum atomic E-state index is 5.12. The predicted octanol–water partition coefficient (Wildman–Crippen LogP) is 1.42. The minimum atomic E-state index is 0.852. The number of nitrogens with zero attached hydrogens (tertiary/aromatic N) is 4. The summed E-state index contributed by atoms with van der Waals surface area (Å²) in [5.41, 5.74) is 0. The normalized spacial score (nSPS) is 21.3. The van der Waals surface area contributed by atoms with Gasteiger partial charge in [-0.05, 0) is 38.1 Å². The summed E-state index contributed by atoms with van der Waals surface area (Å²) in [6.07, 6.45) is 8.59. The molecule has 1 fully saturated rings. The first-order valence-electron chi connectivity index (χ1n) is 6.92. The molecule has 1 unspecified atom stereocenters. The molecule has 1 aromatic heterocycles. The van der Waals surface area contributed by atoms with Crippen molar-refractivity contribution < 1.29 is 4.74 Å². The van der Waals surface area contributed by atoms with Gasteiger partial charge in [0.15, 0.2) is 0 Å². The van der Waals surface area contributed by atoms with E-state index >= 15 is 0 Å². The summed E-state index contributed by atoms with van der Waals surface area (Å²) in [5, 5.41) is 4.14. The molecule has 0 aromatic carbocycles. The zero-order valence-corrected chi connectivity index (χ0v) is 11.3. The summed E-state index contributed by atoms with van der Waals surface area (Å²) in [6, 6.07) is 0. The summed E-state index contributed by atoms with van der Waals surface area (Å²) < 4.78 is 7.04. The van der Waals surface area contributed by atoms with Gasteiger partial charge < -0.3 is 9.64 Å². The molecule has 0 bridgehead atoms. The molecule has 5 nitrogen and oxygen atoms in total. The van der Waals surface area contributed by atoms with Crippen LogP contribution in [0.15, 0.2) is 12.7 Å². The van der Waals surface area contributed by atoms with E-state index in [9.17, 15) is 0 Å². The van der Waals surface area contributed by atoms with E-state index in [1.54, 1.807) is 19.8 Å². The van der Waals surface area contributed by atoms with Crippen molar-refractivity contribution in [3.05, 3.63) is 12.7 Å². The summed E-state index contributed by atoms with van der Waals surface area (Å²) >= 11 is 0. The molecule has 1 aliphatic heterocycles. The third-order valence-electron chi connectivity index (χ3n) is 3.68. The quantitative estimate of drug-likeness (QED) is 0.688. The Morgan fingerprint density at radius 3 is 3.11 bits per heavy atom. The summed E-state index contributed by atoms with van der Waals surface area (Å²) in [4.78, 5) is 6.53. The molecule has 1 atom stereocenters. The van der Waals surface area contributed by atoms with Gasteiger partial charge in [0.2, 0.25) is 0 Å². The van der Waals surface area contributed by atoms with Crippen LogP contribution in [0.25, 0.3) is 0 Å². The Labute approximate surface area is 109 Å². The lowest BCUT2D eigenvalue weighted by atomic mass is 9.93. The molecule has 0 aliphatic carbocycles. The topological polar surface area (TPSA) is 43.2 Å². The highest BCUT2D eigenvalue weighted by molar-refractivity contribution is 4.73. The van der Waals surface area contributed by atoms with Crippen LogP contribution in [0, 0.1) is 5.92 Å². The molecule has 102 valence electrons. The van der Waals surface area contributed by atoms with E-state index in [2.05, 4.69) is 15.0 Å². The Hall–Kier alpha value is -0.940. The molecule has 2 rings (SSSR count). The molecular weight excluding hydrogens is 228 g/mol. The van der Waals surface area contributed by atoms with Crippen LogP contribution in [0.5, 0.6) is 0 Å². The zero-order valence-electron chi connectivity index (χ0n) is 11.3. The Morgan fingerprint density at radius 1 is 1.39 bits per heavy atom. The van der Waals surface area contributed by atoms with Crippen LogP contribution in [-0.2, 0) is 11.3 Å². The minimum absolute atomic E-state index is 0.852. The number of aromatic nitrogens is 3. The van der Waals surface area contributed by atoms with E-state index in [1.807, 2.05) is 4.68 Å². The molecular formula is C13H24N4O. The lowest BCUT2D eigenvalue weighted by Gasteiger charge is -2.32. The number of likely N-dealkylation sites (tertiary alicyclic amines) is 1. The smallest absolute Gasteiger partial charge is 0.137 e. The number of methoxy groups -OCH3 is 1. The van der Waals surface area contributed by atoms with Crippen molar-refractivity contribution in [3.8, 4) is 0 Å². The van der Waals surface area contributed by atoms with Gasteiger partial charge >= 0.3 is 0 Å². The van der Waals surface area contributed by atoms with Gasteiger partial charge in [0.25, 0.3) is 0 Å². The van der Waals surface area contributed by atoms with Crippen molar-refractivity contribution in [2.24, 2.45) is 5.92 Å². The highest BCUT2D eigenvalue weighted by Gasteiger charge is 2.19. The molecule has 18 heavy (non-hydrogen) atoms. The molecule has 1 aromatic rings. The number of ether oxygens (including phenoxy) is 1. The molecule has 2 heterocycles. The van der Waals surface area contributed by atoms with Crippen molar-refractivity contribution >= 4 is 0 Å². The fraction of sp³-hybridized carbons (Fsp3) is 0.846. The number of hydrogen-bond donors (Lipinski definition) is 0. The average molecular weight is 252 g/mol. The van der Waals surface area contributed by atoms with Crippen LogP contribution in [0.1, 0.15) is 25.7 Å². The molecule has 0 saturated carbocycles. The van der Waals surface area contributed by atoms with Crippen molar-refractivity contribution in [2.45, 2.75) is 32.2 Å². The van der Waals surface area contributed by atoms with Crippen molar-refractivity contribution in [1.82, 2.24) is 19.7 Å². The molecule has 0 radical (unpaired) electrons. The Morgan fingerprint density at radius 2 is 2.33 bits per heavy atom. The lowest BCUT2D eigenvalue weighted by molar-refractivity contribution is 0.143. The van der Waals surface area contributed by atoms with E-state index in [4.69, 9.17) is 4.74 Å². The van der Waals surface area contributed by atoms with Gasteiger partial charge in [-0.1, -0.05) is 0 Å². The first kappa shape index (κ1) is 13.5. The second kappa shape index (κ2) is 7.48. The van der Waals surface area contributed by atoms with Gasteiger partial charge in [0, 0.05) is 26.8 Å². The largest absolute Gasteiger partial charge is 0.385 e. The van der Waals surface area contributed by atoms with Gasteiger partial charge in [-0.3, -0.25) is 4.68 Å². The molecule has 0 amide bonds. The fourth-order valence-electron chi connectivity index (χ4n) is 2.70. The standard InChI is InChI=1S/C13H24N4O/c1-18-9-3-5-13-4-2-6-16(10-13)7-8-17-12-14-11-15-17/h11-13H,2-10H2,1H3. The minimum Gasteiger partial charge on any atom is -0.385 e. The van der Waals surface area contributed by atoms with Gasteiger partial charge in [-0.25, -0.2) is 4.98 Å². The Balaban J connectivity index is 1.66. The molecule has 0 N–H and O–H groups in total. The van der Waals surface area contributed by atoms with Gasteiger partial charge in [0.1, 0.15) is 12.7 Å². The molecule has 0 spiro atoms. The summed E-state index contributed by atoms with van der Waals surface area (Å²) in [7, 11) is 1.78. The van der Waals surface area contributed by atoms with E-state index < -0.39 is 0 Å². The SMILES string of the molecule is COCCCC1CCCN(CCn2cncn2)C1. The van der Waals surface area contributed by atoms with Crippen LogP contribution in [0.2, 0.25) is 0 Å². The average Bonchev–Trinajstić information content (AvgIpc) is 2.90. The summed E-state index contributed by atoms with van der Waals surface area (Å²) in [6.45, 7) is 5.40. The third kappa shape index (κ3) is 4.38. The zero-order chi connectivity index (χ0) is 12.6. The second-order valence-corrected chi connectivity index (χ2v) is 5.10. The fourth-order valence-corrected chi connectivity index (χ4v) is 2.70. The first-order chi connectivity index (χ1) is 8.88. The van der Waals surface area contributed by atoms with Gasteiger partial charge in [-0.15, -0.1) is 0 Å². The molecule has 1 aliphatic rings. The first-order valence-corrected chi connectivity index (χ1v) is 6.92. The molecule has 1 saturated heterocycles. The van der Waals surface area contributed by atoms with E-state index in [0.29, 0.717) is 0 Å². The van der Waals surface area contributed by atoms with E-state index in [-0.39, 0.29) is 0 Å². The maximum Gasteiger partial charge on any atom is 0.137 e. The predicted molar refractivity (Wildman–Crippen MR) is 70.3 cm³/mol. The highest BCUT2D eigenvalue weighted by Crippen LogP contribution is 2.20. The van der Waals surface area contributed by atoms with Crippen LogP contribution in [0.4, 0.5) is 0 Å². The highest BCUT2D eigenvalue weighted by atomic mass is 16.5. The number of piperidine rings is 1.